The number of aliphatic hydroxyl groups excluding tert-OH is 9. The van der Waals surface area contributed by atoms with Gasteiger partial charge in [0.2, 0.25) is 0 Å². The molecule has 1 heterocycles. The van der Waals surface area contributed by atoms with Crippen molar-refractivity contribution in [2.24, 2.45) is 0 Å². The van der Waals surface area contributed by atoms with E-state index >= 15 is 0 Å². The molecule has 0 aromatic rings. The van der Waals surface area contributed by atoms with Crippen LogP contribution in [0.5, 0.6) is 0 Å². The molecule has 1 fully saturated rings. The van der Waals surface area contributed by atoms with Crippen molar-refractivity contribution in [1.29, 1.82) is 0 Å². The summed E-state index contributed by atoms with van der Waals surface area (Å²) in [6, 6.07) is 0. The second-order valence-corrected chi connectivity index (χ2v) is 5.29. The van der Waals surface area contributed by atoms with Crippen molar-refractivity contribution in [2.75, 3.05) is 19.8 Å². The van der Waals surface area contributed by atoms with Crippen molar-refractivity contribution in [3.8, 4) is 0 Å². The van der Waals surface area contributed by atoms with Crippen LogP contribution >= 0.6 is 0 Å². The zero-order chi connectivity index (χ0) is 17.7. The lowest BCUT2D eigenvalue weighted by molar-refractivity contribution is -0.327. The second-order valence-electron chi connectivity index (χ2n) is 5.29. The van der Waals surface area contributed by atoms with E-state index in [1.165, 1.54) is 0 Å². The minimum absolute atomic E-state index is 0.708. The maximum atomic E-state index is 9.83. The average Bonchev–Trinajstić information content (AvgIpc) is 2.57. The standard InChI is InChI=1S/C12H24O11/c13-1-4(16)7(18)11(5(17)2-14)23-12-10(21)9(20)8(19)6(3-15)22-12/h4-21H,1-3H2/t4-,5+,6-,7+,8+,9+,10-,11-,12+/m1/s1. The minimum Gasteiger partial charge on any atom is -0.394 e. The Morgan fingerprint density at radius 1 is 0.826 bits per heavy atom. The Balaban J connectivity index is 2.89. The molecule has 0 radical (unpaired) electrons. The summed E-state index contributed by atoms with van der Waals surface area (Å²) in [5, 5.41) is 84.9. The van der Waals surface area contributed by atoms with Gasteiger partial charge < -0.3 is 55.4 Å². The Morgan fingerprint density at radius 3 is 1.87 bits per heavy atom. The molecule has 0 spiro atoms. The van der Waals surface area contributed by atoms with Gasteiger partial charge >= 0.3 is 0 Å². The first-order valence-electron chi connectivity index (χ1n) is 7.00. The Kier molecular flexibility index (Phi) is 8.20. The van der Waals surface area contributed by atoms with Gasteiger partial charge in [-0.05, 0) is 0 Å². The third-order valence-corrected chi connectivity index (χ3v) is 3.62. The number of hydrogen-bond acceptors (Lipinski definition) is 11. The fourth-order valence-corrected chi connectivity index (χ4v) is 2.16. The normalized spacial score (nSPS) is 37.2. The van der Waals surface area contributed by atoms with Crippen LogP contribution in [0.4, 0.5) is 0 Å². The molecule has 1 saturated heterocycles. The van der Waals surface area contributed by atoms with E-state index in [2.05, 4.69) is 0 Å². The summed E-state index contributed by atoms with van der Waals surface area (Å²) < 4.78 is 10.1. The van der Waals surface area contributed by atoms with Crippen LogP contribution in [0.15, 0.2) is 0 Å². The van der Waals surface area contributed by atoms with E-state index in [1.54, 1.807) is 0 Å². The Labute approximate surface area is 131 Å². The molecule has 1 aliphatic heterocycles. The number of hydrogen-bond donors (Lipinski definition) is 9. The minimum atomic E-state index is -1.85. The summed E-state index contributed by atoms with van der Waals surface area (Å²) >= 11 is 0. The predicted octanol–water partition coefficient (Wildman–Crippen LogP) is -5.76. The Morgan fingerprint density at radius 2 is 1.39 bits per heavy atom. The topological polar surface area (TPSA) is 201 Å². The molecular weight excluding hydrogens is 320 g/mol. The first-order chi connectivity index (χ1) is 10.8. The summed E-state index contributed by atoms with van der Waals surface area (Å²) in [4.78, 5) is 0. The number of aliphatic hydroxyl groups is 9. The van der Waals surface area contributed by atoms with E-state index in [4.69, 9.17) is 24.8 Å². The molecule has 0 aromatic carbocycles. The lowest BCUT2D eigenvalue weighted by Gasteiger charge is -2.42. The third kappa shape index (κ3) is 4.78. The van der Waals surface area contributed by atoms with E-state index in [0.29, 0.717) is 0 Å². The molecule has 0 saturated carbocycles. The third-order valence-electron chi connectivity index (χ3n) is 3.62. The highest BCUT2D eigenvalue weighted by molar-refractivity contribution is 4.91. The largest absolute Gasteiger partial charge is 0.394 e. The van der Waals surface area contributed by atoms with E-state index < -0.39 is 74.9 Å². The molecule has 23 heavy (non-hydrogen) atoms. The van der Waals surface area contributed by atoms with E-state index in [1.807, 2.05) is 0 Å². The van der Waals surface area contributed by atoms with Gasteiger partial charge in [0.25, 0.3) is 0 Å². The van der Waals surface area contributed by atoms with E-state index in [0.717, 1.165) is 0 Å². The highest BCUT2D eigenvalue weighted by atomic mass is 16.7. The van der Waals surface area contributed by atoms with Gasteiger partial charge in [-0.25, -0.2) is 0 Å². The van der Waals surface area contributed by atoms with Crippen molar-refractivity contribution in [1.82, 2.24) is 0 Å². The van der Waals surface area contributed by atoms with Crippen LogP contribution < -0.4 is 0 Å². The lowest BCUT2D eigenvalue weighted by Crippen LogP contribution is -2.61. The first kappa shape index (κ1) is 20.6. The number of ether oxygens (including phenoxy) is 2. The molecule has 138 valence electrons. The molecule has 0 aromatic heterocycles. The summed E-state index contributed by atoms with van der Waals surface area (Å²) in [7, 11) is 0. The van der Waals surface area contributed by atoms with Gasteiger partial charge in [0.1, 0.15) is 48.8 Å². The van der Waals surface area contributed by atoms with Crippen molar-refractivity contribution in [2.45, 2.75) is 55.1 Å². The molecular formula is C12H24O11. The summed E-state index contributed by atoms with van der Waals surface area (Å²) in [6.07, 6.45) is -15.1. The smallest absolute Gasteiger partial charge is 0.187 e. The van der Waals surface area contributed by atoms with Crippen LogP contribution in [-0.4, -0.2) is 121 Å². The zero-order valence-electron chi connectivity index (χ0n) is 12.2. The summed E-state index contributed by atoms with van der Waals surface area (Å²) in [5.41, 5.74) is 0. The van der Waals surface area contributed by atoms with Gasteiger partial charge in [0.05, 0.1) is 19.8 Å². The van der Waals surface area contributed by atoms with Gasteiger partial charge in [0.15, 0.2) is 6.29 Å². The Bertz CT molecular complexity index is 341. The van der Waals surface area contributed by atoms with E-state index in [9.17, 15) is 30.6 Å². The predicted molar refractivity (Wildman–Crippen MR) is 70.8 cm³/mol. The maximum Gasteiger partial charge on any atom is 0.187 e. The highest BCUT2D eigenvalue weighted by Gasteiger charge is 2.46. The monoisotopic (exact) mass is 344 g/mol. The van der Waals surface area contributed by atoms with Crippen molar-refractivity contribution in [3.63, 3.8) is 0 Å². The van der Waals surface area contributed by atoms with Crippen LogP contribution in [0.1, 0.15) is 0 Å². The summed E-state index contributed by atoms with van der Waals surface area (Å²) in [6.45, 7) is -2.45. The fraction of sp³-hybridized carbons (Fsp3) is 1.00. The lowest BCUT2D eigenvalue weighted by atomic mass is 9.98. The van der Waals surface area contributed by atoms with Gasteiger partial charge in [-0.1, -0.05) is 0 Å². The molecule has 11 heteroatoms. The molecule has 1 rings (SSSR count). The summed E-state index contributed by atoms with van der Waals surface area (Å²) in [5.74, 6) is 0. The van der Waals surface area contributed by atoms with Gasteiger partial charge in [0, 0.05) is 0 Å². The van der Waals surface area contributed by atoms with Crippen LogP contribution in [0.3, 0.4) is 0 Å². The zero-order valence-corrected chi connectivity index (χ0v) is 12.2. The quantitative estimate of drug-likeness (QED) is 0.203. The highest BCUT2D eigenvalue weighted by Crippen LogP contribution is 2.24. The van der Waals surface area contributed by atoms with Crippen molar-refractivity contribution < 1.29 is 55.4 Å². The maximum absolute atomic E-state index is 9.83. The van der Waals surface area contributed by atoms with Crippen molar-refractivity contribution in [3.05, 3.63) is 0 Å². The fourth-order valence-electron chi connectivity index (χ4n) is 2.16. The van der Waals surface area contributed by atoms with Crippen LogP contribution in [-0.2, 0) is 9.47 Å². The SMILES string of the molecule is OC[C@@H](O)[C@H](O)[C@H](O[C@@H]1O[C@H](CO)[C@H](O)[C@H](O)[C@H]1O)[C@@H](O)CO. The molecule has 0 aliphatic carbocycles. The molecule has 1 aliphatic rings. The molecule has 9 N–H and O–H groups in total. The number of rotatable bonds is 8. The first-order valence-corrected chi connectivity index (χ1v) is 7.00. The molecule has 0 unspecified atom stereocenters. The van der Waals surface area contributed by atoms with Gasteiger partial charge in [-0.3, -0.25) is 0 Å². The van der Waals surface area contributed by atoms with Crippen LogP contribution in [0.2, 0.25) is 0 Å². The molecule has 0 amide bonds. The Hall–Kier alpha value is -0.440. The van der Waals surface area contributed by atoms with Crippen LogP contribution in [0, 0.1) is 0 Å². The van der Waals surface area contributed by atoms with Gasteiger partial charge in [-0.2, -0.15) is 0 Å². The van der Waals surface area contributed by atoms with Crippen molar-refractivity contribution >= 4 is 0 Å². The van der Waals surface area contributed by atoms with Gasteiger partial charge in [-0.15, -0.1) is 0 Å². The molecule has 0 bridgehead atoms. The second kappa shape index (κ2) is 9.15. The molecule has 11 nitrogen and oxygen atoms in total. The van der Waals surface area contributed by atoms with Crippen LogP contribution in [0.25, 0.3) is 0 Å². The molecule has 9 atom stereocenters. The average molecular weight is 344 g/mol. The van der Waals surface area contributed by atoms with E-state index in [-0.39, 0.29) is 0 Å².